The van der Waals surface area contributed by atoms with E-state index >= 15 is 0 Å². The Hall–Kier alpha value is -1.18. The lowest BCUT2D eigenvalue weighted by Crippen LogP contribution is -2.31. The molecule has 1 aromatic heterocycles. The molecule has 0 aliphatic carbocycles. The number of halogens is 3. The Bertz CT molecular complexity index is 425. The summed E-state index contributed by atoms with van der Waals surface area (Å²) in [6, 6.07) is 1.42. The summed E-state index contributed by atoms with van der Waals surface area (Å²) >= 11 is 1.69. The maximum Gasteiger partial charge on any atom is 0.451 e. The van der Waals surface area contributed by atoms with Gasteiger partial charge in [0.25, 0.3) is 0 Å². The van der Waals surface area contributed by atoms with E-state index in [2.05, 4.69) is 9.97 Å². The van der Waals surface area contributed by atoms with Crippen LogP contribution in [0.3, 0.4) is 0 Å². The molecule has 4 nitrogen and oxygen atoms in total. The summed E-state index contributed by atoms with van der Waals surface area (Å²) in [7, 11) is 1.70. The van der Waals surface area contributed by atoms with E-state index in [1.165, 1.54) is 6.07 Å². The Morgan fingerprint density at radius 3 is 2.58 bits per heavy atom. The zero-order chi connectivity index (χ0) is 14.6. The highest BCUT2D eigenvalue weighted by molar-refractivity contribution is 7.98. The van der Waals surface area contributed by atoms with Gasteiger partial charge >= 0.3 is 6.18 Å². The zero-order valence-corrected chi connectivity index (χ0v) is 11.8. The maximum absolute atomic E-state index is 12.6. The van der Waals surface area contributed by atoms with Gasteiger partial charge in [0.2, 0.25) is 5.82 Å². The van der Waals surface area contributed by atoms with Crippen LogP contribution in [0.1, 0.15) is 19.2 Å². The van der Waals surface area contributed by atoms with Crippen molar-refractivity contribution in [2.24, 2.45) is 0 Å². The second kappa shape index (κ2) is 6.31. The SMILES string of the molecule is CSCCC(C)N(C)c1cc(N)nc(C(F)(F)F)n1. The number of aromatic nitrogens is 2. The van der Waals surface area contributed by atoms with Gasteiger partial charge in [0.1, 0.15) is 11.6 Å². The molecule has 0 spiro atoms. The number of nitrogens with zero attached hydrogens (tertiary/aromatic N) is 3. The van der Waals surface area contributed by atoms with Crippen molar-refractivity contribution < 1.29 is 13.2 Å². The van der Waals surface area contributed by atoms with Crippen LogP contribution in [0, 0.1) is 0 Å². The van der Waals surface area contributed by atoms with E-state index in [0.717, 1.165) is 12.2 Å². The van der Waals surface area contributed by atoms with Gasteiger partial charge in [0.05, 0.1) is 0 Å². The monoisotopic (exact) mass is 294 g/mol. The molecule has 0 saturated heterocycles. The largest absolute Gasteiger partial charge is 0.451 e. The van der Waals surface area contributed by atoms with Crippen LogP contribution in [0.15, 0.2) is 6.07 Å². The van der Waals surface area contributed by atoms with Crippen molar-refractivity contribution in [1.29, 1.82) is 0 Å². The van der Waals surface area contributed by atoms with Gasteiger partial charge < -0.3 is 10.6 Å². The van der Waals surface area contributed by atoms with E-state index in [1.54, 1.807) is 23.7 Å². The van der Waals surface area contributed by atoms with Crippen LogP contribution in [0.25, 0.3) is 0 Å². The summed E-state index contributed by atoms with van der Waals surface area (Å²) in [5, 5.41) is 0. The molecule has 1 unspecified atom stereocenters. The molecule has 2 N–H and O–H groups in total. The molecule has 1 heterocycles. The van der Waals surface area contributed by atoms with E-state index in [4.69, 9.17) is 5.73 Å². The molecule has 0 aromatic carbocycles. The fourth-order valence-electron chi connectivity index (χ4n) is 1.47. The number of hydrogen-bond donors (Lipinski definition) is 1. The summed E-state index contributed by atoms with van der Waals surface area (Å²) < 4.78 is 37.8. The molecule has 0 aliphatic rings. The van der Waals surface area contributed by atoms with E-state index in [-0.39, 0.29) is 17.7 Å². The molecular formula is C11H17F3N4S. The molecule has 8 heteroatoms. The molecule has 0 fully saturated rings. The molecule has 0 bridgehead atoms. The lowest BCUT2D eigenvalue weighted by molar-refractivity contribution is -0.144. The second-order valence-corrected chi connectivity index (χ2v) is 5.20. The van der Waals surface area contributed by atoms with Crippen LogP contribution in [0.2, 0.25) is 0 Å². The third-order valence-electron chi connectivity index (χ3n) is 2.75. The first-order valence-electron chi connectivity index (χ1n) is 5.69. The van der Waals surface area contributed by atoms with Gasteiger partial charge in [-0.1, -0.05) is 0 Å². The van der Waals surface area contributed by atoms with Crippen molar-refractivity contribution in [3.05, 3.63) is 11.9 Å². The highest BCUT2D eigenvalue weighted by Crippen LogP contribution is 2.29. The predicted octanol–water partition coefficient (Wildman–Crippen LogP) is 2.66. The summed E-state index contributed by atoms with van der Waals surface area (Å²) in [4.78, 5) is 8.44. The van der Waals surface area contributed by atoms with Gasteiger partial charge in [0.15, 0.2) is 0 Å². The maximum atomic E-state index is 12.6. The Morgan fingerprint density at radius 2 is 2.05 bits per heavy atom. The zero-order valence-electron chi connectivity index (χ0n) is 11.0. The molecule has 1 aromatic rings. The van der Waals surface area contributed by atoms with Crippen molar-refractivity contribution in [2.75, 3.05) is 29.7 Å². The van der Waals surface area contributed by atoms with E-state index in [1.807, 2.05) is 13.2 Å². The van der Waals surface area contributed by atoms with Crippen LogP contribution >= 0.6 is 11.8 Å². The molecule has 0 aliphatic heterocycles. The number of rotatable bonds is 5. The van der Waals surface area contributed by atoms with Gasteiger partial charge in [-0.2, -0.15) is 24.9 Å². The van der Waals surface area contributed by atoms with Crippen LogP contribution in [0.4, 0.5) is 24.8 Å². The van der Waals surface area contributed by atoms with Crippen LogP contribution in [-0.2, 0) is 6.18 Å². The van der Waals surface area contributed by atoms with E-state index < -0.39 is 12.0 Å². The molecule has 19 heavy (non-hydrogen) atoms. The van der Waals surface area contributed by atoms with Crippen molar-refractivity contribution in [3.8, 4) is 0 Å². The molecular weight excluding hydrogens is 277 g/mol. The molecule has 0 amide bonds. The van der Waals surface area contributed by atoms with Gasteiger partial charge in [0, 0.05) is 19.2 Å². The lowest BCUT2D eigenvalue weighted by Gasteiger charge is -2.26. The smallest absolute Gasteiger partial charge is 0.384 e. The highest BCUT2D eigenvalue weighted by atomic mass is 32.2. The molecule has 108 valence electrons. The number of hydrogen-bond acceptors (Lipinski definition) is 5. The number of nitrogens with two attached hydrogens (primary N) is 1. The second-order valence-electron chi connectivity index (χ2n) is 4.21. The lowest BCUT2D eigenvalue weighted by atomic mass is 10.2. The van der Waals surface area contributed by atoms with Gasteiger partial charge in [-0.05, 0) is 25.4 Å². The minimum Gasteiger partial charge on any atom is -0.384 e. The number of alkyl halides is 3. The van der Waals surface area contributed by atoms with Crippen molar-refractivity contribution in [1.82, 2.24) is 9.97 Å². The minimum absolute atomic E-state index is 0.0721. The standard InChI is InChI=1S/C11H17F3N4S/c1-7(4-5-19-3)18(2)9-6-8(15)16-10(17-9)11(12,13)14/h6-7H,4-5H2,1-3H3,(H2,15,16,17). The third kappa shape index (κ3) is 4.45. The first-order chi connectivity index (χ1) is 8.75. The highest BCUT2D eigenvalue weighted by Gasteiger charge is 2.35. The van der Waals surface area contributed by atoms with Crippen LogP contribution < -0.4 is 10.6 Å². The Labute approximate surface area is 114 Å². The quantitative estimate of drug-likeness (QED) is 0.905. The summed E-state index contributed by atoms with van der Waals surface area (Å²) in [6.07, 6.45) is -1.76. The number of thioether (sulfide) groups is 1. The van der Waals surface area contributed by atoms with E-state index in [0.29, 0.717) is 0 Å². The van der Waals surface area contributed by atoms with Gasteiger partial charge in [-0.3, -0.25) is 0 Å². The third-order valence-corrected chi connectivity index (χ3v) is 3.39. The molecule has 1 rings (SSSR count). The first-order valence-corrected chi connectivity index (χ1v) is 7.08. The number of anilines is 2. The molecule has 0 radical (unpaired) electrons. The predicted molar refractivity (Wildman–Crippen MR) is 72.3 cm³/mol. The molecule has 1 atom stereocenters. The minimum atomic E-state index is -4.59. The fraction of sp³-hybridized carbons (Fsp3) is 0.636. The Kier molecular flexibility index (Phi) is 5.28. The van der Waals surface area contributed by atoms with Crippen molar-refractivity contribution >= 4 is 23.4 Å². The van der Waals surface area contributed by atoms with Crippen LogP contribution in [-0.4, -0.2) is 35.1 Å². The van der Waals surface area contributed by atoms with Gasteiger partial charge in [-0.15, -0.1) is 0 Å². The normalized spacial score (nSPS) is 13.4. The molecule has 0 saturated carbocycles. The average molecular weight is 294 g/mol. The topological polar surface area (TPSA) is 55.0 Å². The summed E-state index contributed by atoms with van der Waals surface area (Å²) in [5.74, 6) is -0.265. The first kappa shape index (κ1) is 15.9. The fourth-order valence-corrected chi connectivity index (χ4v) is 2.04. The van der Waals surface area contributed by atoms with Crippen LogP contribution in [0.5, 0.6) is 0 Å². The summed E-state index contributed by atoms with van der Waals surface area (Å²) in [6.45, 7) is 1.93. The van der Waals surface area contributed by atoms with Gasteiger partial charge in [-0.25, -0.2) is 9.97 Å². The summed E-state index contributed by atoms with van der Waals surface area (Å²) in [5.41, 5.74) is 5.41. The Morgan fingerprint density at radius 1 is 1.42 bits per heavy atom. The average Bonchev–Trinajstić information content (AvgIpc) is 2.33. The van der Waals surface area contributed by atoms with E-state index in [9.17, 15) is 13.2 Å². The Balaban J connectivity index is 2.97. The number of nitrogen functional groups attached to an aromatic ring is 1. The van der Waals surface area contributed by atoms with Crippen molar-refractivity contribution in [2.45, 2.75) is 25.6 Å². The van der Waals surface area contributed by atoms with Crippen molar-refractivity contribution in [3.63, 3.8) is 0 Å².